The molecule has 0 aliphatic heterocycles. The molecule has 0 aromatic carbocycles. The van der Waals surface area contributed by atoms with Crippen LogP contribution >= 0.6 is 58.0 Å². The minimum atomic E-state index is -0.103. The summed E-state index contributed by atoms with van der Waals surface area (Å²) < 4.78 is 5.42. The van der Waals surface area contributed by atoms with E-state index in [0.29, 0.717) is 13.0 Å². The predicted octanol–water partition coefficient (Wildman–Crippen LogP) is 14.1. The van der Waals surface area contributed by atoms with E-state index in [1.54, 1.807) is 0 Å². The van der Waals surface area contributed by atoms with Crippen molar-refractivity contribution in [3.8, 4) is 0 Å². The van der Waals surface area contributed by atoms with Crippen molar-refractivity contribution >= 4 is 64.0 Å². The van der Waals surface area contributed by atoms with Gasteiger partial charge in [-0.3, -0.25) is 4.79 Å². The zero-order valence-corrected chi connectivity index (χ0v) is 31.7. The number of alkyl halides is 5. The first-order valence-corrected chi connectivity index (χ1v) is 20.3. The Morgan fingerprint density at radius 3 is 1.47 bits per heavy atom. The van der Waals surface area contributed by atoms with Gasteiger partial charge in [0, 0.05) is 33.3 Å². The summed E-state index contributed by atoms with van der Waals surface area (Å²) in [4.78, 5) is 12.0. The van der Waals surface area contributed by atoms with Crippen LogP contribution in [0.2, 0.25) is 0 Å². The molecule has 0 amide bonds. The number of ether oxygens (including phenoxy) is 1. The van der Waals surface area contributed by atoms with Crippen molar-refractivity contribution in [2.45, 2.75) is 214 Å². The van der Waals surface area contributed by atoms with Crippen LogP contribution in [0.5, 0.6) is 0 Å². The summed E-state index contributed by atoms with van der Waals surface area (Å²) in [5, 5.41) is 0.104. The fourth-order valence-electron chi connectivity index (χ4n) is 5.54. The molecule has 5 unspecified atom stereocenters. The molecule has 0 aliphatic rings. The summed E-state index contributed by atoms with van der Waals surface area (Å²) in [6.45, 7) is 4.94. The lowest BCUT2D eigenvalue weighted by Gasteiger charge is -2.19. The lowest BCUT2D eigenvalue weighted by Crippen LogP contribution is -2.18. The Hall–Kier alpha value is 0.920. The fourth-order valence-corrected chi connectivity index (χ4v) is 7.18. The molecule has 2 nitrogen and oxygen atoms in total. The van der Waals surface area contributed by atoms with Crippen molar-refractivity contribution in [1.82, 2.24) is 0 Å². The van der Waals surface area contributed by atoms with Crippen LogP contribution in [0.1, 0.15) is 187 Å². The maximum absolute atomic E-state index is 12.0. The molecule has 0 fully saturated rings. The molecule has 0 spiro atoms. The number of halogens is 5. The Morgan fingerprint density at radius 2 is 0.907 bits per heavy atom. The first kappa shape index (κ1) is 43.9. The molecule has 5 atom stereocenters. The quantitative estimate of drug-likeness (QED) is 0.0385. The minimum Gasteiger partial charge on any atom is -0.466 e. The third kappa shape index (κ3) is 31.3. The Bertz CT molecular complexity index is 594. The summed E-state index contributed by atoms with van der Waals surface area (Å²) >= 11 is 32.7. The Kier molecular flexibility index (Phi) is 33.5. The van der Waals surface area contributed by atoms with E-state index >= 15 is 0 Å². The zero-order chi connectivity index (χ0) is 32.0. The topological polar surface area (TPSA) is 26.3 Å². The van der Waals surface area contributed by atoms with Crippen molar-refractivity contribution in [2.24, 2.45) is 0 Å². The average molecular weight is 709 g/mol. The van der Waals surface area contributed by atoms with Gasteiger partial charge >= 0.3 is 5.97 Å². The van der Waals surface area contributed by atoms with Crippen molar-refractivity contribution < 1.29 is 9.53 Å². The van der Waals surface area contributed by atoms with Crippen LogP contribution in [0.3, 0.4) is 0 Å². The summed E-state index contributed by atoms with van der Waals surface area (Å²) in [7, 11) is 0. The van der Waals surface area contributed by atoms with Gasteiger partial charge in [0.25, 0.3) is 0 Å². The highest BCUT2D eigenvalue weighted by Gasteiger charge is 2.19. The number of carbonyl (C=O) groups is 1. The fraction of sp³-hybridized carbons (Fsp3) is 0.972. The zero-order valence-electron chi connectivity index (χ0n) is 27.9. The monoisotopic (exact) mass is 706 g/mol. The van der Waals surface area contributed by atoms with Crippen LogP contribution < -0.4 is 0 Å². The van der Waals surface area contributed by atoms with Crippen LogP contribution in [0.25, 0.3) is 0 Å². The second-order valence-corrected chi connectivity index (χ2v) is 15.7. The highest BCUT2D eigenvalue weighted by atomic mass is 35.5. The molecule has 0 rings (SSSR count). The highest BCUT2D eigenvalue weighted by Crippen LogP contribution is 2.26. The van der Waals surface area contributed by atoms with Crippen molar-refractivity contribution in [3.63, 3.8) is 0 Å². The first-order chi connectivity index (χ1) is 20.8. The van der Waals surface area contributed by atoms with Crippen LogP contribution in [0, 0.1) is 0 Å². The summed E-state index contributed by atoms with van der Waals surface area (Å²) in [5.41, 5.74) is 0. The molecule has 258 valence electrons. The molecule has 0 radical (unpaired) electrons. The van der Waals surface area contributed by atoms with E-state index in [4.69, 9.17) is 62.7 Å². The van der Waals surface area contributed by atoms with Gasteiger partial charge < -0.3 is 4.74 Å². The van der Waals surface area contributed by atoms with Gasteiger partial charge in [-0.15, -0.1) is 58.0 Å². The Labute approximate surface area is 292 Å². The van der Waals surface area contributed by atoms with Gasteiger partial charge in [-0.25, -0.2) is 0 Å². The van der Waals surface area contributed by atoms with Gasteiger partial charge in [-0.2, -0.15) is 0 Å². The molecule has 0 aromatic rings. The average Bonchev–Trinajstić information content (AvgIpc) is 2.98. The third-order valence-corrected chi connectivity index (χ3v) is 10.8. The normalized spacial score (nSPS) is 15.2. The molecular weight excluding hydrogens is 642 g/mol. The molecule has 7 heteroatoms. The van der Waals surface area contributed by atoms with Gasteiger partial charge in [-0.1, -0.05) is 123 Å². The molecule has 0 bridgehead atoms. The first-order valence-electron chi connectivity index (χ1n) is 18.2. The molecule has 0 N–H and O–H groups in total. The lowest BCUT2D eigenvalue weighted by atomic mass is 10.0. The number of hydrogen-bond acceptors (Lipinski definition) is 2. The van der Waals surface area contributed by atoms with Crippen molar-refractivity contribution in [1.29, 1.82) is 0 Å². The number of hydrogen-bond donors (Lipinski definition) is 0. The van der Waals surface area contributed by atoms with Gasteiger partial charge in [-0.05, 0) is 57.8 Å². The number of unbranched alkanes of at least 4 members (excludes halogenated alkanes) is 15. The second kappa shape index (κ2) is 32.8. The lowest BCUT2D eigenvalue weighted by molar-refractivity contribution is -0.143. The van der Waals surface area contributed by atoms with E-state index in [-0.39, 0.29) is 32.9 Å². The standard InChI is InChI=1S/C36H67Cl5O2/c1-3-5-7-9-10-11-12-13-14-15-16-17-19-26-36(42)43-29-21-24-31(37)27-28-35(41)34(40)25-20-23-33(39)30-32(38)22-18-8-6-4-2/h31-35H,3-30H2,1-2H3. The SMILES string of the molecule is CCCCCCCCCCCCCCCC(=O)OCCCC(Cl)CCC(Cl)C(Cl)CCCC(Cl)CC(Cl)CCCCCC. The van der Waals surface area contributed by atoms with E-state index in [1.165, 1.54) is 96.3 Å². The van der Waals surface area contributed by atoms with Crippen LogP contribution in [0.4, 0.5) is 0 Å². The minimum absolute atomic E-state index is 0.0232. The smallest absolute Gasteiger partial charge is 0.305 e. The van der Waals surface area contributed by atoms with Crippen LogP contribution in [0.15, 0.2) is 0 Å². The Balaban J connectivity index is 3.63. The second-order valence-electron chi connectivity index (χ2n) is 12.8. The molecule has 0 saturated heterocycles. The van der Waals surface area contributed by atoms with E-state index in [9.17, 15) is 4.79 Å². The van der Waals surface area contributed by atoms with Gasteiger partial charge in [0.05, 0.1) is 6.61 Å². The van der Waals surface area contributed by atoms with Crippen LogP contribution in [-0.4, -0.2) is 39.5 Å². The van der Waals surface area contributed by atoms with Gasteiger partial charge in [0.15, 0.2) is 0 Å². The number of rotatable bonds is 33. The third-order valence-electron chi connectivity index (χ3n) is 8.44. The van der Waals surface area contributed by atoms with E-state index in [2.05, 4.69) is 13.8 Å². The largest absolute Gasteiger partial charge is 0.466 e. The van der Waals surface area contributed by atoms with Crippen molar-refractivity contribution in [3.05, 3.63) is 0 Å². The molecule has 0 saturated carbocycles. The summed E-state index contributed by atoms with van der Waals surface area (Å²) in [6.07, 6.45) is 30.3. The number of esters is 1. The van der Waals surface area contributed by atoms with E-state index in [1.807, 2.05) is 0 Å². The number of carbonyl (C=O) groups excluding carboxylic acids is 1. The van der Waals surface area contributed by atoms with Gasteiger partial charge in [0.1, 0.15) is 0 Å². The molecule has 0 aliphatic carbocycles. The van der Waals surface area contributed by atoms with Gasteiger partial charge in [0.2, 0.25) is 0 Å². The molecule has 43 heavy (non-hydrogen) atoms. The van der Waals surface area contributed by atoms with Crippen LogP contribution in [-0.2, 0) is 9.53 Å². The maximum atomic E-state index is 12.0. The highest BCUT2D eigenvalue weighted by molar-refractivity contribution is 6.30. The van der Waals surface area contributed by atoms with E-state index < -0.39 is 0 Å². The Morgan fingerprint density at radius 1 is 0.465 bits per heavy atom. The summed E-state index contributed by atoms with van der Waals surface area (Å²) in [5.74, 6) is -0.0762. The molecule has 0 heterocycles. The summed E-state index contributed by atoms with van der Waals surface area (Å²) in [6, 6.07) is 0. The predicted molar refractivity (Wildman–Crippen MR) is 195 cm³/mol. The van der Waals surface area contributed by atoms with Crippen molar-refractivity contribution in [2.75, 3.05) is 6.61 Å². The van der Waals surface area contributed by atoms with E-state index in [0.717, 1.165) is 70.6 Å². The maximum Gasteiger partial charge on any atom is 0.305 e. The molecule has 0 aromatic heterocycles. The molecular formula is C36H67Cl5O2.